The summed E-state index contributed by atoms with van der Waals surface area (Å²) < 4.78 is 2.86. The number of rotatable bonds is 1. The van der Waals surface area contributed by atoms with Crippen molar-refractivity contribution in [3.8, 4) is 0 Å². The lowest BCUT2D eigenvalue weighted by molar-refractivity contribution is 0.247. The molecule has 1 aliphatic heterocycles. The van der Waals surface area contributed by atoms with Crippen molar-refractivity contribution in [3.63, 3.8) is 0 Å². The number of nitrogens with zero attached hydrogens (tertiary/aromatic N) is 4. The normalized spacial score (nSPS) is 21.6. The van der Waals surface area contributed by atoms with Gasteiger partial charge < -0.3 is 4.90 Å². The molecule has 2 aromatic rings. The van der Waals surface area contributed by atoms with Crippen molar-refractivity contribution >= 4 is 21.6 Å². The first-order valence-electron chi connectivity index (χ1n) is 6.35. The summed E-state index contributed by atoms with van der Waals surface area (Å²) in [6.45, 7) is 4.29. The number of likely N-dealkylation sites (N-methyl/N-ethyl adjacent to an activating group) is 1. The van der Waals surface area contributed by atoms with Crippen LogP contribution < -0.4 is 0 Å². The first-order valence-corrected chi connectivity index (χ1v) is 7.15. The molecular weight excluding hydrogens is 292 g/mol. The Labute approximate surface area is 115 Å². The Balaban J connectivity index is 1.99. The molecule has 0 N–H and O–H groups in total. The summed E-state index contributed by atoms with van der Waals surface area (Å²) in [5, 5.41) is 4.73. The SMILES string of the molecule is Cc1nc2ccc(C3CCCN(C)C3)nn2c1Br. The minimum Gasteiger partial charge on any atom is -0.306 e. The highest BCUT2D eigenvalue weighted by Crippen LogP contribution is 2.26. The number of aryl methyl sites for hydroxylation is 1. The van der Waals surface area contributed by atoms with Crippen LogP contribution in [0.15, 0.2) is 16.7 Å². The maximum Gasteiger partial charge on any atom is 0.155 e. The van der Waals surface area contributed by atoms with Gasteiger partial charge in [-0.05, 0) is 61.4 Å². The van der Waals surface area contributed by atoms with Crippen molar-refractivity contribution in [2.75, 3.05) is 20.1 Å². The summed E-state index contributed by atoms with van der Waals surface area (Å²) >= 11 is 3.55. The van der Waals surface area contributed by atoms with Gasteiger partial charge in [0.05, 0.1) is 11.4 Å². The molecule has 3 rings (SSSR count). The van der Waals surface area contributed by atoms with E-state index in [2.05, 4.69) is 45.0 Å². The fourth-order valence-corrected chi connectivity index (χ4v) is 3.01. The molecule has 1 atom stereocenters. The van der Waals surface area contributed by atoms with Crippen molar-refractivity contribution in [3.05, 3.63) is 28.1 Å². The number of piperidine rings is 1. The van der Waals surface area contributed by atoms with Crippen molar-refractivity contribution in [1.29, 1.82) is 0 Å². The molecule has 96 valence electrons. The summed E-state index contributed by atoms with van der Waals surface area (Å²) in [5.74, 6) is 0.544. The summed E-state index contributed by atoms with van der Waals surface area (Å²) in [5.41, 5.74) is 3.07. The average Bonchev–Trinajstić information content (AvgIpc) is 2.65. The number of hydrogen-bond acceptors (Lipinski definition) is 3. The van der Waals surface area contributed by atoms with Gasteiger partial charge in [-0.15, -0.1) is 0 Å². The maximum atomic E-state index is 4.73. The monoisotopic (exact) mass is 308 g/mol. The molecule has 0 radical (unpaired) electrons. The summed E-state index contributed by atoms with van der Waals surface area (Å²) in [6.07, 6.45) is 2.49. The van der Waals surface area contributed by atoms with E-state index in [4.69, 9.17) is 5.10 Å². The fraction of sp³-hybridized carbons (Fsp3) is 0.538. The van der Waals surface area contributed by atoms with Gasteiger partial charge in [-0.3, -0.25) is 0 Å². The van der Waals surface area contributed by atoms with E-state index in [-0.39, 0.29) is 0 Å². The lowest BCUT2D eigenvalue weighted by Gasteiger charge is -2.29. The third kappa shape index (κ3) is 2.06. The Bertz CT molecular complexity index is 578. The van der Waals surface area contributed by atoms with Crippen molar-refractivity contribution in [2.45, 2.75) is 25.7 Å². The second-order valence-corrected chi connectivity index (χ2v) is 5.87. The molecule has 2 aromatic heterocycles. The molecular formula is C13H17BrN4. The minimum atomic E-state index is 0.544. The fourth-order valence-electron chi connectivity index (χ4n) is 2.66. The number of hydrogen-bond donors (Lipinski definition) is 0. The van der Waals surface area contributed by atoms with E-state index in [0.717, 1.165) is 22.5 Å². The molecule has 4 nitrogen and oxygen atoms in total. The largest absolute Gasteiger partial charge is 0.306 e. The number of fused-ring (bicyclic) bond motifs is 1. The predicted molar refractivity (Wildman–Crippen MR) is 74.9 cm³/mol. The van der Waals surface area contributed by atoms with Gasteiger partial charge in [-0.1, -0.05) is 0 Å². The van der Waals surface area contributed by atoms with E-state index < -0.39 is 0 Å². The topological polar surface area (TPSA) is 33.4 Å². The van der Waals surface area contributed by atoms with E-state index in [9.17, 15) is 0 Å². The number of imidazole rings is 1. The molecule has 0 spiro atoms. The van der Waals surface area contributed by atoms with Gasteiger partial charge in [0.2, 0.25) is 0 Å². The minimum absolute atomic E-state index is 0.544. The van der Waals surface area contributed by atoms with Crippen LogP contribution in [0, 0.1) is 6.92 Å². The molecule has 0 aromatic carbocycles. The Hall–Kier alpha value is -0.940. The molecule has 5 heteroatoms. The van der Waals surface area contributed by atoms with Crippen LogP contribution in [0.25, 0.3) is 5.65 Å². The third-order valence-corrected chi connectivity index (χ3v) is 4.55. The first-order chi connectivity index (χ1) is 8.65. The summed E-state index contributed by atoms with van der Waals surface area (Å²) in [4.78, 5) is 6.84. The molecule has 1 saturated heterocycles. The van der Waals surface area contributed by atoms with E-state index in [1.54, 1.807) is 0 Å². The van der Waals surface area contributed by atoms with Gasteiger partial charge in [0.1, 0.15) is 4.60 Å². The molecule has 1 unspecified atom stereocenters. The zero-order chi connectivity index (χ0) is 12.7. The first kappa shape index (κ1) is 12.1. The van der Waals surface area contributed by atoms with Gasteiger partial charge >= 0.3 is 0 Å². The highest BCUT2D eigenvalue weighted by molar-refractivity contribution is 9.10. The van der Waals surface area contributed by atoms with Crippen LogP contribution in [0.2, 0.25) is 0 Å². The van der Waals surface area contributed by atoms with Crippen LogP contribution in [0.3, 0.4) is 0 Å². The molecule has 0 aliphatic carbocycles. The average molecular weight is 309 g/mol. The second kappa shape index (κ2) is 4.63. The van der Waals surface area contributed by atoms with Crippen LogP contribution in [0.5, 0.6) is 0 Å². The number of likely N-dealkylation sites (tertiary alicyclic amines) is 1. The predicted octanol–water partition coefficient (Wildman–Crippen LogP) is 2.61. The van der Waals surface area contributed by atoms with Crippen LogP contribution >= 0.6 is 15.9 Å². The summed E-state index contributed by atoms with van der Waals surface area (Å²) in [6, 6.07) is 4.19. The smallest absolute Gasteiger partial charge is 0.155 e. The number of halogens is 1. The molecule has 0 saturated carbocycles. The summed E-state index contributed by atoms with van der Waals surface area (Å²) in [7, 11) is 2.18. The van der Waals surface area contributed by atoms with Crippen molar-refractivity contribution in [2.24, 2.45) is 0 Å². The van der Waals surface area contributed by atoms with Crippen LogP contribution in [0.1, 0.15) is 30.1 Å². The van der Waals surface area contributed by atoms with E-state index in [1.165, 1.54) is 25.1 Å². The lowest BCUT2D eigenvalue weighted by atomic mass is 9.95. The van der Waals surface area contributed by atoms with Gasteiger partial charge in [-0.2, -0.15) is 5.10 Å². The quantitative estimate of drug-likeness (QED) is 0.812. The van der Waals surface area contributed by atoms with Crippen LogP contribution in [0.4, 0.5) is 0 Å². The van der Waals surface area contributed by atoms with Gasteiger partial charge in [-0.25, -0.2) is 9.50 Å². The maximum absolute atomic E-state index is 4.73. The zero-order valence-corrected chi connectivity index (χ0v) is 12.3. The highest BCUT2D eigenvalue weighted by Gasteiger charge is 2.21. The van der Waals surface area contributed by atoms with Gasteiger partial charge in [0.25, 0.3) is 0 Å². The number of aromatic nitrogens is 3. The molecule has 0 amide bonds. The molecule has 3 heterocycles. The van der Waals surface area contributed by atoms with E-state index >= 15 is 0 Å². The van der Waals surface area contributed by atoms with Crippen molar-refractivity contribution < 1.29 is 0 Å². The zero-order valence-electron chi connectivity index (χ0n) is 10.7. The third-order valence-electron chi connectivity index (χ3n) is 3.65. The van der Waals surface area contributed by atoms with Crippen LogP contribution in [-0.2, 0) is 0 Å². The Morgan fingerprint density at radius 1 is 1.39 bits per heavy atom. The molecule has 1 aliphatic rings. The van der Waals surface area contributed by atoms with Crippen molar-refractivity contribution in [1.82, 2.24) is 19.5 Å². The standard InChI is InChI=1S/C13H17BrN4/c1-9-13(14)18-12(15-9)6-5-11(16-18)10-4-3-7-17(2)8-10/h5-6,10H,3-4,7-8H2,1-2H3. The van der Waals surface area contributed by atoms with Crippen LogP contribution in [-0.4, -0.2) is 39.6 Å². The second-order valence-electron chi connectivity index (χ2n) is 5.12. The van der Waals surface area contributed by atoms with Gasteiger partial charge in [0.15, 0.2) is 5.65 Å². The lowest BCUT2D eigenvalue weighted by Crippen LogP contribution is -2.31. The Morgan fingerprint density at radius 2 is 2.22 bits per heavy atom. The van der Waals surface area contributed by atoms with E-state index in [0.29, 0.717) is 5.92 Å². The molecule has 18 heavy (non-hydrogen) atoms. The molecule has 0 bridgehead atoms. The highest BCUT2D eigenvalue weighted by atomic mass is 79.9. The van der Waals surface area contributed by atoms with E-state index in [1.807, 2.05) is 11.4 Å². The molecule has 1 fully saturated rings. The Morgan fingerprint density at radius 3 is 3.00 bits per heavy atom. The van der Waals surface area contributed by atoms with Gasteiger partial charge in [0, 0.05) is 12.5 Å². The Kier molecular flexibility index (Phi) is 3.11.